The van der Waals surface area contributed by atoms with Crippen LogP contribution in [0.15, 0.2) is 36.8 Å². The molecule has 84 valence electrons. The molecule has 2 aromatic rings. The summed E-state index contributed by atoms with van der Waals surface area (Å²) in [6.07, 6.45) is 3.54. The maximum atomic E-state index is 5.74. The summed E-state index contributed by atoms with van der Waals surface area (Å²) in [6.45, 7) is 4.70. The number of hydrogen-bond donors (Lipinski definition) is 1. The van der Waals surface area contributed by atoms with E-state index in [1.807, 2.05) is 0 Å². The minimum absolute atomic E-state index is 0.101. The van der Waals surface area contributed by atoms with Gasteiger partial charge in [0.25, 0.3) is 0 Å². The van der Waals surface area contributed by atoms with E-state index < -0.39 is 0 Å². The molecule has 0 radical (unpaired) electrons. The molecule has 1 aromatic heterocycles. The maximum Gasteiger partial charge on any atom is 0.0922 e. The second-order valence-electron chi connectivity index (χ2n) is 3.94. The molecule has 0 bridgehead atoms. The van der Waals surface area contributed by atoms with E-state index in [4.69, 9.17) is 4.74 Å². The fourth-order valence-electron chi connectivity index (χ4n) is 1.51. The van der Waals surface area contributed by atoms with Crippen molar-refractivity contribution in [3.8, 4) is 0 Å². The molecule has 0 aliphatic rings. The third kappa shape index (κ3) is 2.70. The van der Waals surface area contributed by atoms with Gasteiger partial charge < -0.3 is 9.72 Å². The number of aromatic amines is 1. The molecule has 0 aliphatic carbocycles. The fraction of sp³-hybridized carbons (Fsp3) is 0.308. The molecule has 1 unspecified atom stereocenters. The molecule has 0 saturated heterocycles. The minimum Gasteiger partial charge on any atom is -0.368 e. The van der Waals surface area contributed by atoms with Gasteiger partial charge in [-0.25, -0.2) is 4.98 Å². The Hall–Kier alpha value is -1.61. The summed E-state index contributed by atoms with van der Waals surface area (Å²) in [5, 5.41) is 0. The van der Waals surface area contributed by atoms with Gasteiger partial charge >= 0.3 is 0 Å². The number of rotatable bonds is 4. The Balaban J connectivity index is 1.93. The third-order valence-electron chi connectivity index (χ3n) is 2.59. The standard InChI is InChI=1S/C13H16N2O/c1-10-3-5-12(6-4-10)11(2)16-8-13-7-14-9-15-13/h3-7,9,11H,8H2,1-2H3,(H,14,15). The number of ether oxygens (including phenoxy) is 1. The van der Waals surface area contributed by atoms with Gasteiger partial charge in [-0.1, -0.05) is 29.8 Å². The average Bonchev–Trinajstić information content (AvgIpc) is 2.80. The predicted molar refractivity (Wildman–Crippen MR) is 63.0 cm³/mol. The second-order valence-corrected chi connectivity index (χ2v) is 3.94. The van der Waals surface area contributed by atoms with Gasteiger partial charge in [-0.3, -0.25) is 0 Å². The first kappa shape index (κ1) is 10.9. The lowest BCUT2D eigenvalue weighted by atomic mass is 10.1. The van der Waals surface area contributed by atoms with Crippen molar-refractivity contribution in [3.63, 3.8) is 0 Å². The van der Waals surface area contributed by atoms with Gasteiger partial charge in [-0.15, -0.1) is 0 Å². The van der Waals surface area contributed by atoms with E-state index in [-0.39, 0.29) is 6.10 Å². The fourth-order valence-corrected chi connectivity index (χ4v) is 1.51. The highest BCUT2D eigenvalue weighted by molar-refractivity contribution is 5.22. The smallest absolute Gasteiger partial charge is 0.0922 e. The van der Waals surface area contributed by atoms with Crippen LogP contribution in [0.1, 0.15) is 29.8 Å². The Morgan fingerprint density at radius 1 is 1.31 bits per heavy atom. The largest absolute Gasteiger partial charge is 0.368 e. The summed E-state index contributed by atoms with van der Waals surface area (Å²) >= 11 is 0. The Labute approximate surface area is 95.5 Å². The van der Waals surface area contributed by atoms with E-state index in [0.717, 1.165) is 5.69 Å². The monoisotopic (exact) mass is 216 g/mol. The molecule has 1 atom stereocenters. The van der Waals surface area contributed by atoms with Crippen LogP contribution in [0.3, 0.4) is 0 Å². The lowest BCUT2D eigenvalue weighted by Crippen LogP contribution is -2.00. The van der Waals surface area contributed by atoms with E-state index >= 15 is 0 Å². The Kier molecular flexibility index (Phi) is 3.37. The normalized spacial score (nSPS) is 12.6. The van der Waals surface area contributed by atoms with Crippen LogP contribution in [0, 0.1) is 6.92 Å². The topological polar surface area (TPSA) is 37.9 Å². The van der Waals surface area contributed by atoms with Crippen molar-refractivity contribution in [1.82, 2.24) is 9.97 Å². The molecule has 0 fully saturated rings. The first-order chi connectivity index (χ1) is 7.75. The van der Waals surface area contributed by atoms with Crippen LogP contribution >= 0.6 is 0 Å². The van der Waals surface area contributed by atoms with Crippen LogP contribution in [0.4, 0.5) is 0 Å². The van der Waals surface area contributed by atoms with E-state index in [0.29, 0.717) is 6.61 Å². The molecule has 0 aliphatic heterocycles. The highest BCUT2D eigenvalue weighted by Crippen LogP contribution is 2.18. The summed E-state index contributed by atoms with van der Waals surface area (Å²) in [5.74, 6) is 0. The molecule has 0 spiro atoms. The zero-order valence-corrected chi connectivity index (χ0v) is 9.60. The number of hydrogen-bond acceptors (Lipinski definition) is 2. The summed E-state index contributed by atoms with van der Waals surface area (Å²) in [4.78, 5) is 6.97. The van der Waals surface area contributed by atoms with Gasteiger partial charge in [0.1, 0.15) is 0 Å². The molecule has 0 amide bonds. The highest BCUT2D eigenvalue weighted by atomic mass is 16.5. The number of aromatic nitrogens is 2. The van der Waals surface area contributed by atoms with Crippen LogP contribution in [-0.4, -0.2) is 9.97 Å². The Bertz CT molecular complexity index is 420. The molecule has 0 saturated carbocycles. The van der Waals surface area contributed by atoms with Crippen LogP contribution in [0.2, 0.25) is 0 Å². The van der Waals surface area contributed by atoms with Crippen LogP contribution in [0.5, 0.6) is 0 Å². The zero-order chi connectivity index (χ0) is 11.4. The van der Waals surface area contributed by atoms with Crippen LogP contribution in [-0.2, 0) is 11.3 Å². The second kappa shape index (κ2) is 4.94. The van der Waals surface area contributed by atoms with Crippen molar-refractivity contribution in [3.05, 3.63) is 53.6 Å². The molecular weight excluding hydrogens is 200 g/mol. The summed E-state index contributed by atoms with van der Waals surface area (Å²) in [6, 6.07) is 8.41. The molecule has 1 aromatic carbocycles. The first-order valence-electron chi connectivity index (χ1n) is 5.41. The number of H-pyrrole nitrogens is 1. The molecule has 3 nitrogen and oxygen atoms in total. The summed E-state index contributed by atoms with van der Waals surface area (Å²) in [5.41, 5.74) is 3.47. The molecule has 1 N–H and O–H groups in total. The molecular formula is C13H16N2O. The van der Waals surface area contributed by atoms with E-state index in [9.17, 15) is 0 Å². The molecule has 2 rings (SSSR count). The predicted octanol–water partition coefficient (Wildman–Crippen LogP) is 3.00. The van der Waals surface area contributed by atoms with Crippen molar-refractivity contribution < 1.29 is 4.74 Å². The number of benzene rings is 1. The van der Waals surface area contributed by atoms with E-state index in [2.05, 4.69) is 48.1 Å². The van der Waals surface area contributed by atoms with Crippen molar-refractivity contribution in [2.75, 3.05) is 0 Å². The van der Waals surface area contributed by atoms with Crippen molar-refractivity contribution in [2.45, 2.75) is 26.6 Å². The molecule has 1 heterocycles. The molecule has 3 heteroatoms. The lowest BCUT2D eigenvalue weighted by Gasteiger charge is -2.12. The molecule has 16 heavy (non-hydrogen) atoms. The van der Waals surface area contributed by atoms with Gasteiger partial charge in [0.2, 0.25) is 0 Å². The minimum atomic E-state index is 0.101. The van der Waals surface area contributed by atoms with Gasteiger partial charge in [-0.05, 0) is 19.4 Å². The van der Waals surface area contributed by atoms with E-state index in [1.165, 1.54) is 11.1 Å². The van der Waals surface area contributed by atoms with Gasteiger partial charge in [0.05, 0.1) is 30.9 Å². The Morgan fingerprint density at radius 2 is 2.06 bits per heavy atom. The maximum absolute atomic E-state index is 5.74. The highest BCUT2D eigenvalue weighted by Gasteiger charge is 2.05. The van der Waals surface area contributed by atoms with Crippen molar-refractivity contribution in [2.24, 2.45) is 0 Å². The van der Waals surface area contributed by atoms with Crippen molar-refractivity contribution >= 4 is 0 Å². The lowest BCUT2D eigenvalue weighted by molar-refractivity contribution is 0.0507. The van der Waals surface area contributed by atoms with Crippen molar-refractivity contribution in [1.29, 1.82) is 0 Å². The number of imidazole rings is 1. The first-order valence-corrected chi connectivity index (χ1v) is 5.41. The Morgan fingerprint density at radius 3 is 2.69 bits per heavy atom. The number of nitrogens with one attached hydrogen (secondary N) is 1. The quantitative estimate of drug-likeness (QED) is 0.853. The SMILES string of the molecule is Cc1ccc(C(C)OCc2cnc[nH]2)cc1. The van der Waals surface area contributed by atoms with E-state index in [1.54, 1.807) is 12.5 Å². The number of aryl methyl sites for hydroxylation is 1. The number of nitrogens with zero attached hydrogens (tertiary/aromatic N) is 1. The van der Waals surface area contributed by atoms with Crippen LogP contribution < -0.4 is 0 Å². The summed E-state index contributed by atoms with van der Waals surface area (Å²) in [7, 11) is 0. The summed E-state index contributed by atoms with van der Waals surface area (Å²) < 4.78 is 5.74. The van der Waals surface area contributed by atoms with Gasteiger partial charge in [0, 0.05) is 0 Å². The van der Waals surface area contributed by atoms with Gasteiger partial charge in [0.15, 0.2) is 0 Å². The van der Waals surface area contributed by atoms with Crippen LogP contribution in [0.25, 0.3) is 0 Å². The average molecular weight is 216 g/mol. The van der Waals surface area contributed by atoms with Gasteiger partial charge in [-0.2, -0.15) is 0 Å². The zero-order valence-electron chi connectivity index (χ0n) is 9.60. The third-order valence-corrected chi connectivity index (χ3v) is 2.59.